The number of carbonyl (C=O) groups excluding carboxylic acids is 1. The Kier molecular flexibility index (Phi) is 8.54. The zero-order chi connectivity index (χ0) is 33.8. The molecule has 2 unspecified atom stereocenters. The molecule has 5 aromatic carbocycles. The molecule has 2 aliphatic rings. The Morgan fingerprint density at radius 2 is 1.25 bits per heavy atom. The van der Waals surface area contributed by atoms with Gasteiger partial charge in [0.1, 0.15) is 5.78 Å². The van der Waals surface area contributed by atoms with Crippen LogP contribution >= 0.6 is 11.6 Å². The number of aryl methyl sites for hydroxylation is 2. The SMILES string of the molecule is Cc1ccc(C2C[C@H]3[C@@H](CN2S(=O)(=O)c2ccc(Cl)cc2)C(=O)CC(c2cccc4ccccc24)N3S(=O)(=O)c2ccc(C)cc2)cc1. The number of nitrogens with zero attached hydrogens (tertiary/aromatic N) is 2. The van der Waals surface area contributed by atoms with Gasteiger partial charge in [-0.3, -0.25) is 4.79 Å². The zero-order valence-corrected chi connectivity index (χ0v) is 28.9. The first-order valence-corrected chi connectivity index (χ1v) is 19.2. The molecule has 2 fully saturated rings. The number of rotatable bonds is 6. The summed E-state index contributed by atoms with van der Waals surface area (Å²) in [6.45, 7) is 3.69. The van der Waals surface area contributed by atoms with Crippen molar-refractivity contribution in [3.8, 4) is 0 Å². The summed E-state index contributed by atoms with van der Waals surface area (Å²) in [5.41, 5.74) is 3.40. The molecule has 0 saturated carbocycles. The Labute approximate surface area is 286 Å². The number of hydrogen-bond donors (Lipinski definition) is 0. The lowest BCUT2D eigenvalue weighted by molar-refractivity contribution is -0.132. The number of carbonyl (C=O) groups is 1. The number of fused-ring (bicyclic) bond motifs is 2. The molecular weight excluding hydrogens is 664 g/mol. The summed E-state index contributed by atoms with van der Waals surface area (Å²) in [5, 5.41) is 2.22. The molecule has 0 bridgehead atoms. The molecule has 0 aliphatic carbocycles. The largest absolute Gasteiger partial charge is 0.299 e. The van der Waals surface area contributed by atoms with Crippen LogP contribution in [-0.4, -0.2) is 43.8 Å². The highest BCUT2D eigenvalue weighted by molar-refractivity contribution is 7.89. The topological polar surface area (TPSA) is 91.8 Å². The monoisotopic (exact) mass is 698 g/mol. The minimum Gasteiger partial charge on any atom is -0.299 e. The second kappa shape index (κ2) is 12.5. The molecule has 0 aromatic heterocycles. The molecule has 48 heavy (non-hydrogen) atoms. The van der Waals surface area contributed by atoms with Crippen molar-refractivity contribution in [2.75, 3.05) is 6.54 Å². The van der Waals surface area contributed by atoms with E-state index in [4.69, 9.17) is 11.6 Å². The van der Waals surface area contributed by atoms with E-state index in [0.29, 0.717) is 5.02 Å². The fourth-order valence-corrected chi connectivity index (χ4v) is 10.9. The number of sulfonamides is 2. The van der Waals surface area contributed by atoms with Crippen LogP contribution in [0.3, 0.4) is 0 Å². The smallest absolute Gasteiger partial charge is 0.243 e. The van der Waals surface area contributed by atoms with Gasteiger partial charge in [-0.15, -0.1) is 0 Å². The lowest BCUT2D eigenvalue weighted by atomic mass is 9.77. The van der Waals surface area contributed by atoms with E-state index in [1.54, 1.807) is 24.3 Å². The van der Waals surface area contributed by atoms with Crippen LogP contribution in [0.5, 0.6) is 0 Å². The second-order valence-electron chi connectivity index (χ2n) is 12.8. The van der Waals surface area contributed by atoms with E-state index < -0.39 is 44.1 Å². The van der Waals surface area contributed by atoms with Gasteiger partial charge < -0.3 is 0 Å². The third-order valence-electron chi connectivity index (χ3n) is 9.76. The Balaban J connectivity index is 1.41. The normalized spacial score (nSPS) is 22.4. The highest BCUT2D eigenvalue weighted by Crippen LogP contribution is 2.49. The van der Waals surface area contributed by atoms with Crippen LogP contribution in [0.2, 0.25) is 5.02 Å². The minimum absolute atomic E-state index is 0.0588. The van der Waals surface area contributed by atoms with E-state index >= 15 is 0 Å². The van der Waals surface area contributed by atoms with E-state index in [2.05, 4.69) is 0 Å². The lowest BCUT2D eigenvalue weighted by Crippen LogP contribution is -2.60. The predicted molar refractivity (Wildman–Crippen MR) is 188 cm³/mol. The van der Waals surface area contributed by atoms with Crippen LogP contribution in [0, 0.1) is 19.8 Å². The molecule has 4 atom stereocenters. The molecule has 0 spiro atoms. The summed E-state index contributed by atoms with van der Waals surface area (Å²) in [4.78, 5) is 14.5. The van der Waals surface area contributed by atoms with Crippen LogP contribution in [-0.2, 0) is 24.8 Å². The molecule has 0 amide bonds. The van der Waals surface area contributed by atoms with E-state index in [1.165, 1.54) is 32.9 Å². The molecule has 10 heteroatoms. The van der Waals surface area contributed by atoms with Gasteiger partial charge in [0.05, 0.1) is 21.9 Å². The lowest BCUT2D eigenvalue weighted by Gasteiger charge is -2.51. The average molecular weight is 699 g/mol. The number of Topliss-reactive ketones (excluding diaryl/α,β-unsaturated/α-hetero) is 1. The number of ketones is 1. The summed E-state index contributed by atoms with van der Waals surface area (Å²) in [7, 11) is -8.27. The third-order valence-corrected chi connectivity index (χ3v) is 13.8. The van der Waals surface area contributed by atoms with Crippen molar-refractivity contribution in [3.63, 3.8) is 0 Å². The number of hydrogen-bond acceptors (Lipinski definition) is 5. The highest BCUT2D eigenvalue weighted by atomic mass is 35.5. The van der Waals surface area contributed by atoms with Crippen molar-refractivity contribution >= 4 is 48.2 Å². The Morgan fingerprint density at radius 3 is 1.94 bits per heavy atom. The molecule has 0 N–H and O–H groups in total. The van der Waals surface area contributed by atoms with Gasteiger partial charge in [-0.25, -0.2) is 16.8 Å². The van der Waals surface area contributed by atoms with E-state index in [-0.39, 0.29) is 35.0 Å². The molecule has 7 nitrogen and oxygen atoms in total. The van der Waals surface area contributed by atoms with Crippen molar-refractivity contribution in [2.45, 2.75) is 54.6 Å². The van der Waals surface area contributed by atoms with E-state index in [9.17, 15) is 21.6 Å². The van der Waals surface area contributed by atoms with Crippen molar-refractivity contribution in [3.05, 3.63) is 143 Å². The van der Waals surface area contributed by atoms with Gasteiger partial charge in [0, 0.05) is 29.9 Å². The summed E-state index contributed by atoms with van der Waals surface area (Å²) < 4.78 is 61.3. The molecular formula is C38H35ClN2O5S2. The molecule has 2 aliphatic heterocycles. The van der Waals surface area contributed by atoms with Gasteiger partial charge in [0.25, 0.3) is 0 Å². The summed E-state index contributed by atoms with van der Waals surface area (Å²) >= 11 is 6.10. The standard InChI is InChI=1S/C38H35ClN2O5S2/c1-25-10-14-28(15-11-25)35-22-36-34(24-40(35)47(43,44)30-20-16-29(39)17-21-30)38(42)23-37(33-9-5-7-27-6-3-4-8-32(27)33)41(36)48(45,46)31-18-12-26(2)13-19-31/h3-21,34-37H,22-24H2,1-2H3/t34-,35?,36+,37?/m1/s1. The highest BCUT2D eigenvalue weighted by Gasteiger charge is 2.54. The molecule has 246 valence electrons. The maximum absolute atomic E-state index is 14.9. The first-order chi connectivity index (χ1) is 22.9. The first-order valence-electron chi connectivity index (χ1n) is 15.9. The zero-order valence-electron chi connectivity index (χ0n) is 26.5. The van der Waals surface area contributed by atoms with Crippen LogP contribution in [0.15, 0.2) is 125 Å². The van der Waals surface area contributed by atoms with Gasteiger partial charge in [-0.05, 0) is 78.6 Å². The van der Waals surface area contributed by atoms with Gasteiger partial charge in [0.2, 0.25) is 20.0 Å². The van der Waals surface area contributed by atoms with Gasteiger partial charge in [-0.1, -0.05) is 102 Å². The van der Waals surface area contributed by atoms with Crippen molar-refractivity contribution in [1.82, 2.24) is 8.61 Å². The second-order valence-corrected chi connectivity index (χ2v) is 16.9. The molecule has 0 radical (unpaired) electrons. The van der Waals surface area contributed by atoms with E-state index in [0.717, 1.165) is 33.0 Å². The Morgan fingerprint density at radius 1 is 0.667 bits per heavy atom. The van der Waals surface area contributed by atoms with Crippen molar-refractivity contribution in [1.29, 1.82) is 0 Å². The summed E-state index contributed by atoms with van der Waals surface area (Å²) in [6.07, 6.45) is 0.0168. The van der Waals surface area contributed by atoms with E-state index in [1.807, 2.05) is 80.6 Å². The van der Waals surface area contributed by atoms with Crippen molar-refractivity contribution < 1.29 is 21.6 Å². The van der Waals surface area contributed by atoms with Crippen LogP contribution in [0.25, 0.3) is 10.8 Å². The van der Waals surface area contributed by atoms with Crippen LogP contribution in [0.1, 0.15) is 47.2 Å². The Bertz CT molecular complexity index is 2220. The molecule has 2 saturated heterocycles. The van der Waals surface area contributed by atoms with Crippen LogP contribution in [0.4, 0.5) is 0 Å². The quantitative estimate of drug-likeness (QED) is 0.182. The number of benzene rings is 5. The maximum atomic E-state index is 14.9. The molecule has 2 heterocycles. The van der Waals surface area contributed by atoms with Gasteiger partial charge in [-0.2, -0.15) is 8.61 Å². The number of halogens is 1. The summed E-state index contributed by atoms with van der Waals surface area (Å²) in [6, 6.07) is 31.5. The Hall–Kier alpha value is -3.86. The van der Waals surface area contributed by atoms with Gasteiger partial charge >= 0.3 is 0 Å². The fraction of sp³-hybridized carbons (Fsp3) is 0.237. The first kappa shape index (κ1) is 32.7. The van der Waals surface area contributed by atoms with Gasteiger partial charge in [0.15, 0.2) is 0 Å². The van der Waals surface area contributed by atoms with Crippen molar-refractivity contribution in [2.24, 2.45) is 5.92 Å². The average Bonchev–Trinajstić information content (AvgIpc) is 3.08. The number of piperidine rings is 2. The molecule has 5 aromatic rings. The summed E-state index contributed by atoms with van der Waals surface area (Å²) in [5.74, 6) is -1.04. The third kappa shape index (κ3) is 5.77. The maximum Gasteiger partial charge on any atom is 0.243 e. The predicted octanol–water partition coefficient (Wildman–Crippen LogP) is 7.64. The minimum atomic E-state index is -4.16. The molecule has 7 rings (SSSR count). The fourth-order valence-electron chi connectivity index (χ4n) is 7.28. The van der Waals surface area contributed by atoms with Crippen LogP contribution < -0.4 is 0 Å².